The van der Waals surface area contributed by atoms with Gasteiger partial charge in [-0.05, 0) is 36.8 Å². The maximum absolute atomic E-state index is 11.9. The number of aryl methyl sites for hydroxylation is 2. The van der Waals surface area contributed by atoms with Gasteiger partial charge in [-0.3, -0.25) is 42.8 Å². The number of carbonyl (C=O) groups is 4. The smallest absolute Gasteiger partial charge is 0.323 e. The number of nitrogens with two attached hydrogens (primary N) is 3. The first-order chi connectivity index (χ1) is 52.6. The highest BCUT2D eigenvalue weighted by molar-refractivity contribution is 9.09. The van der Waals surface area contributed by atoms with Crippen LogP contribution in [-0.2, 0) is 22.6 Å². The summed E-state index contributed by atoms with van der Waals surface area (Å²) in [6.07, 6.45) is 18.4. The molecule has 13 aromatic rings. The third kappa shape index (κ3) is 41.2. The molecule has 0 aliphatic rings. The highest BCUT2D eigenvalue weighted by Crippen LogP contribution is 2.30. The Morgan fingerprint density at radius 2 is 1.25 bits per heavy atom. The van der Waals surface area contributed by atoms with Crippen molar-refractivity contribution in [1.29, 1.82) is 5.41 Å². The molecule has 41 heteroatoms. The van der Waals surface area contributed by atoms with Crippen molar-refractivity contribution in [3.05, 3.63) is 183 Å². The Hall–Kier alpha value is -8.89. The number of aliphatic carboxylic acids is 2. The number of carbonyl (C=O) groups excluding carboxylic acids is 2. The summed E-state index contributed by atoms with van der Waals surface area (Å²) in [5.41, 5.74) is 20.8. The van der Waals surface area contributed by atoms with E-state index in [1.54, 1.807) is 81.6 Å². The SMILES string of the molecule is CC.CC.CC.CC.CC.CC.CC.CC(=O)c1c(Cl)cc2sccn12.CCc1nc2ccc(C)cc2[nH]1.CN(C)/C=C/C(=O)c1c(Cl)nc2sccn12.CN=C(N)N.CNc1nccc(-c2c(Cl)nc3sccn23)n1.Clc1cn2ccsc2n1.N=c1sccn1CC(=O)O.Nc1nccs1.O=C(O)CBr.O=[N+]([O-])O. The van der Waals surface area contributed by atoms with Crippen molar-refractivity contribution in [2.75, 3.05) is 44.6 Å². The number of nitrogens with one attached hydrogen (secondary N) is 3. The number of benzene rings is 1. The number of alkyl halides is 1. The monoisotopic (exact) mass is 1780 g/mol. The molecule has 110 heavy (non-hydrogen) atoms. The zero-order valence-corrected chi connectivity index (χ0v) is 74.8. The maximum Gasteiger partial charge on any atom is 0.323 e. The second-order valence-corrected chi connectivity index (χ2v) is 25.4. The number of guanidine groups is 1. The molecule has 0 spiro atoms. The number of nitrogen functional groups attached to an aromatic ring is 1. The van der Waals surface area contributed by atoms with Crippen molar-refractivity contribution in [2.45, 2.75) is 131 Å². The molecular weight excluding hydrogens is 1680 g/mol. The lowest BCUT2D eigenvalue weighted by Crippen LogP contribution is -2.21. The highest BCUT2D eigenvalue weighted by atomic mass is 79.9. The molecule has 0 saturated heterocycles. The van der Waals surface area contributed by atoms with E-state index in [-0.39, 0.29) is 39.4 Å². The number of hydrogen-bond donors (Lipinski definition) is 9. The highest BCUT2D eigenvalue weighted by Gasteiger charge is 2.18. The van der Waals surface area contributed by atoms with E-state index in [0.717, 1.165) is 54.4 Å². The molecule has 12 aromatic heterocycles. The van der Waals surface area contributed by atoms with Crippen LogP contribution in [0.25, 0.3) is 42.1 Å². The summed E-state index contributed by atoms with van der Waals surface area (Å²) in [4.78, 5) is 92.0. The average molecular weight is 1780 g/mol. The quantitative estimate of drug-likeness (QED) is 0.0117. The Morgan fingerprint density at radius 1 is 0.718 bits per heavy atom. The number of thiazole rings is 6. The minimum Gasteiger partial charge on any atom is -0.481 e. The maximum atomic E-state index is 11.9. The van der Waals surface area contributed by atoms with Gasteiger partial charge in [0, 0.05) is 136 Å². The van der Waals surface area contributed by atoms with Crippen LogP contribution in [0.3, 0.4) is 0 Å². The van der Waals surface area contributed by atoms with Gasteiger partial charge in [-0.15, -0.1) is 78.1 Å². The Balaban J connectivity index is -0.000000571. The molecule has 0 bridgehead atoms. The van der Waals surface area contributed by atoms with E-state index in [0.29, 0.717) is 37.8 Å². The number of imidazole rings is 4. The molecule has 13 rings (SSSR count). The standard InChI is InChI=1S/C10H8ClN5S.C10H10ClN3OS.C10H12N2.C8H6ClNOS.C5H3ClN2S.C5H6N2O2S.C3H4N2S.C2H3BrO2.C2H7N3.7C2H6.HNO3/c1-12-9-13-3-2-6(14-9)7-8(11)15-10-16(7)4-5-17-10;1-13(2)4-3-7(15)8-9(11)12-10-14(8)5-6-16-10;1-3-10-11-8-5-4-7(2)6-9(8)12-10;1-5(11)8-6(9)4-7-10(8)2-3-12-7;6-4-3-8-1-2-9-5(8)7-4;6-5-7(1-2-10-5)3-4(8)9;4-3-5-1-2-6-3;3-1-2(4)5;1-5-2(3)4;7*1-2;2-1(3)4/h2-5H,1H3,(H,12,13,14);3-6H,1-2H3;4-6H,3H2,1-2H3,(H,11,12);2-4H,1H3;1-3H;1-2,6H,3H2,(H,8,9);1-2H,(H2,4,5);1H2,(H,4,5);1H3,(H4,3,4,5);7*1-2H3;(H,2,3,4)/b;4-3+;;;;;;;;;;;;;;;. The summed E-state index contributed by atoms with van der Waals surface area (Å²) in [6.45, 7) is 33.6. The van der Waals surface area contributed by atoms with E-state index in [9.17, 15) is 19.2 Å². The van der Waals surface area contributed by atoms with Gasteiger partial charge in [0.25, 0.3) is 5.09 Å². The molecule has 1 aromatic carbocycles. The van der Waals surface area contributed by atoms with Crippen LogP contribution in [0.15, 0.2) is 129 Å². The number of carboxylic acid groups (broad SMARTS) is 2. The summed E-state index contributed by atoms with van der Waals surface area (Å²) < 4.78 is 8.71. The van der Waals surface area contributed by atoms with Crippen LogP contribution in [0.4, 0.5) is 11.1 Å². The number of H-pyrrole nitrogens is 1. The van der Waals surface area contributed by atoms with Gasteiger partial charge in [-0.1, -0.05) is 172 Å². The number of aliphatic imine (C=N–C) groups is 1. The molecule has 0 amide bonds. The first-order valence-electron chi connectivity index (χ1n) is 33.7. The molecule has 12 N–H and O–H groups in total. The number of carboxylic acids is 2. The van der Waals surface area contributed by atoms with E-state index in [4.69, 9.17) is 94.5 Å². The Kier molecular flexibility index (Phi) is 62.4. The molecular formula is C69H102BrCl4N21O9S6. The molecule has 608 valence electrons. The molecule has 0 aliphatic carbocycles. The molecule has 12 heterocycles. The van der Waals surface area contributed by atoms with Crippen LogP contribution in [-0.4, -0.2) is 150 Å². The minimum absolute atomic E-state index is 0.00148. The largest absolute Gasteiger partial charge is 0.481 e. The van der Waals surface area contributed by atoms with Crippen molar-refractivity contribution >= 4 is 202 Å². The molecule has 0 fully saturated rings. The van der Waals surface area contributed by atoms with E-state index in [1.807, 2.05) is 182 Å². The summed E-state index contributed by atoms with van der Waals surface area (Å²) in [7, 11) is 7.01. The second-order valence-electron chi connectivity index (χ2n) is 18.0. The summed E-state index contributed by atoms with van der Waals surface area (Å²) >= 11 is 35.0. The molecule has 30 nitrogen and oxygen atoms in total. The number of aromatic nitrogens is 13. The van der Waals surface area contributed by atoms with Gasteiger partial charge in [-0.25, -0.2) is 34.9 Å². The van der Waals surface area contributed by atoms with Crippen LogP contribution in [0.2, 0.25) is 20.5 Å². The Morgan fingerprint density at radius 3 is 1.72 bits per heavy atom. The van der Waals surface area contributed by atoms with Gasteiger partial charge < -0.3 is 56.8 Å². The van der Waals surface area contributed by atoms with Crippen molar-refractivity contribution in [3.8, 4) is 11.4 Å². The number of fused-ring (bicyclic) bond motifs is 5. The van der Waals surface area contributed by atoms with E-state index < -0.39 is 17.0 Å². The zero-order valence-electron chi connectivity index (χ0n) is 65.3. The van der Waals surface area contributed by atoms with Gasteiger partial charge in [0.1, 0.15) is 44.8 Å². The number of allylic oxidation sites excluding steroid dienone is 1. The number of nitrogens with zero attached hydrogens (tertiary/aromatic N) is 15. The number of ketones is 2. The van der Waals surface area contributed by atoms with E-state index >= 15 is 0 Å². The lowest BCUT2D eigenvalue weighted by atomic mass is 10.2. The van der Waals surface area contributed by atoms with Gasteiger partial charge in [0.2, 0.25) is 11.7 Å². The van der Waals surface area contributed by atoms with Crippen LogP contribution < -0.4 is 27.3 Å². The number of anilines is 2. The number of hydrogen-bond acceptors (Lipinski definition) is 24. The number of halogens is 5. The average Bonchev–Trinajstić information content (AvgIpc) is 1.64. The summed E-state index contributed by atoms with van der Waals surface area (Å²) in [5.74, 6) is -0.144. The third-order valence-corrected chi connectivity index (χ3v) is 16.8. The first kappa shape index (κ1) is 107. The van der Waals surface area contributed by atoms with Gasteiger partial charge >= 0.3 is 11.9 Å². The predicted octanol–water partition coefficient (Wildman–Crippen LogP) is 19.2. The van der Waals surface area contributed by atoms with Crippen molar-refractivity contribution in [3.63, 3.8) is 0 Å². The molecule has 0 saturated carbocycles. The fourth-order valence-corrected chi connectivity index (χ4v) is 12.1. The van der Waals surface area contributed by atoms with Crippen LogP contribution >= 0.6 is 130 Å². The number of Topliss-reactive ketones (excluding diaryl/α,β-unsaturated/α-hetero) is 1. The lowest BCUT2D eigenvalue weighted by molar-refractivity contribution is -0.742. The normalized spacial score (nSPS) is 9.18. The van der Waals surface area contributed by atoms with Crippen molar-refractivity contribution in [1.82, 2.24) is 66.9 Å². The number of aromatic amines is 1. The third-order valence-electron chi connectivity index (χ3n) is 10.9. The van der Waals surface area contributed by atoms with Crippen LogP contribution in [0, 0.1) is 22.4 Å². The van der Waals surface area contributed by atoms with Gasteiger partial charge in [0.05, 0.1) is 21.7 Å². The van der Waals surface area contributed by atoms with Crippen molar-refractivity contribution < 1.29 is 39.7 Å². The molecule has 0 radical (unpaired) electrons. The fourth-order valence-electron chi connectivity index (χ4n) is 6.94. The Labute approximate surface area is 693 Å². The summed E-state index contributed by atoms with van der Waals surface area (Å²) in [6, 6.07) is 9.89. The summed E-state index contributed by atoms with van der Waals surface area (Å²) in [5, 5.41) is 53.4. The number of rotatable bonds is 10. The Bertz CT molecular complexity index is 4690. The molecule has 0 aliphatic heterocycles. The molecule has 0 unspecified atom stereocenters. The first-order valence-corrected chi connectivity index (χ1v) is 41.6. The van der Waals surface area contributed by atoms with Crippen LogP contribution in [0.5, 0.6) is 0 Å². The fraction of sp³-hybridized carbons (Fsp3) is 0.348. The second kappa shape index (κ2) is 63.8. The minimum atomic E-state index is -1.50. The van der Waals surface area contributed by atoms with E-state index in [1.165, 1.54) is 75.5 Å². The zero-order chi connectivity index (χ0) is 85.2. The van der Waals surface area contributed by atoms with Crippen molar-refractivity contribution in [2.24, 2.45) is 16.5 Å². The van der Waals surface area contributed by atoms with E-state index in [2.05, 4.69) is 98.2 Å². The topological polar surface area (TPSA) is 430 Å². The van der Waals surface area contributed by atoms with Gasteiger partial charge in [-0.2, -0.15) is 0 Å². The van der Waals surface area contributed by atoms with Gasteiger partial charge in [0.15, 0.2) is 46.9 Å². The predicted molar refractivity (Wildman–Crippen MR) is 466 cm³/mol. The van der Waals surface area contributed by atoms with Crippen LogP contribution in [0.1, 0.15) is 143 Å². The molecule has 0 atom stereocenters. The lowest BCUT2D eigenvalue weighted by Gasteiger charge is -2.02.